The van der Waals surface area contributed by atoms with E-state index in [1.54, 1.807) is 6.20 Å². The van der Waals surface area contributed by atoms with E-state index in [0.29, 0.717) is 11.5 Å². The van der Waals surface area contributed by atoms with Gasteiger partial charge < -0.3 is 10.6 Å². The molecule has 0 aliphatic carbocycles. The summed E-state index contributed by atoms with van der Waals surface area (Å²) in [6.07, 6.45) is 2.63. The third kappa shape index (κ3) is 4.97. The summed E-state index contributed by atoms with van der Waals surface area (Å²) in [6, 6.07) is 3.95. The Morgan fingerprint density at radius 2 is 2.16 bits per heavy atom. The fraction of sp³-hybridized carbons (Fsp3) is 0.538. The first-order chi connectivity index (χ1) is 8.16. The largest absolute Gasteiger partial charge is 0.349 e. The highest BCUT2D eigenvalue weighted by molar-refractivity contribution is 5.94. The third-order valence-corrected chi connectivity index (χ3v) is 3.28. The molecule has 1 saturated heterocycles. The maximum atomic E-state index is 12.0. The van der Waals surface area contributed by atoms with Crippen LogP contribution in [0.3, 0.4) is 0 Å². The number of piperidine rings is 1. The number of carbonyl (C=O) groups is 1. The third-order valence-electron chi connectivity index (χ3n) is 3.28. The van der Waals surface area contributed by atoms with Gasteiger partial charge in [0.15, 0.2) is 0 Å². The van der Waals surface area contributed by atoms with Crippen LogP contribution in [0, 0.1) is 12.8 Å². The van der Waals surface area contributed by atoms with Gasteiger partial charge in [0.2, 0.25) is 0 Å². The van der Waals surface area contributed by atoms with Gasteiger partial charge in [0, 0.05) is 17.9 Å². The van der Waals surface area contributed by atoms with Gasteiger partial charge in [-0.05, 0) is 44.5 Å². The number of hydrogen-bond donors (Lipinski definition) is 2. The van der Waals surface area contributed by atoms with E-state index in [4.69, 9.17) is 0 Å². The predicted octanol–water partition coefficient (Wildman–Crippen LogP) is 1.96. The summed E-state index contributed by atoms with van der Waals surface area (Å²) in [6.45, 7) is 6.01. The number of amides is 1. The molecule has 0 saturated carbocycles. The van der Waals surface area contributed by atoms with Crippen LogP contribution in [0.2, 0.25) is 0 Å². The number of carbonyl (C=O) groups excluding carboxylic acids is 1. The highest BCUT2D eigenvalue weighted by Crippen LogP contribution is 2.11. The van der Waals surface area contributed by atoms with Gasteiger partial charge in [-0.2, -0.15) is 0 Å². The van der Waals surface area contributed by atoms with Crippen molar-refractivity contribution in [2.45, 2.75) is 26.3 Å². The summed E-state index contributed by atoms with van der Waals surface area (Å²) in [4.78, 5) is 16.1. The molecule has 1 aromatic heterocycles. The van der Waals surface area contributed by atoms with Crippen LogP contribution in [0.5, 0.6) is 0 Å². The zero-order chi connectivity index (χ0) is 12.3. The maximum absolute atomic E-state index is 12.0. The van der Waals surface area contributed by atoms with Crippen LogP contribution in [0.4, 0.5) is 0 Å². The van der Waals surface area contributed by atoms with Crippen molar-refractivity contribution in [2.24, 2.45) is 5.92 Å². The van der Waals surface area contributed by atoms with E-state index in [2.05, 4.69) is 22.5 Å². The molecule has 1 fully saturated rings. The van der Waals surface area contributed by atoms with Crippen molar-refractivity contribution in [1.82, 2.24) is 15.6 Å². The zero-order valence-corrected chi connectivity index (χ0v) is 12.8. The van der Waals surface area contributed by atoms with Gasteiger partial charge in [0.1, 0.15) is 0 Å². The van der Waals surface area contributed by atoms with Gasteiger partial charge in [-0.15, -0.1) is 24.8 Å². The first-order valence-electron chi connectivity index (χ1n) is 6.11. The van der Waals surface area contributed by atoms with Crippen LogP contribution < -0.4 is 10.6 Å². The summed E-state index contributed by atoms with van der Waals surface area (Å²) in [5.74, 6) is 0.461. The predicted molar refractivity (Wildman–Crippen MR) is 81.4 cm³/mol. The molecule has 2 heterocycles. The van der Waals surface area contributed by atoms with Gasteiger partial charge in [-0.3, -0.25) is 9.78 Å². The SMILES string of the molecule is Cc1ccc(C(=O)NC2CCNCC2C)cn1.Cl.Cl. The Balaban J connectivity index is 0.00000162. The number of nitrogens with one attached hydrogen (secondary N) is 2. The Kier molecular flexibility index (Phi) is 7.99. The maximum Gasteiger partial charge on any atom is 0.253 e. The van der Waals surface area contributed by atoms with Crippen LogP contribution in [0.15, 0.2) is 18.3 Å². The van der Waals surface area contributed by atoms with Crippen LogP contribution in [-0.4, -0.2) is 30.0 Å². The Labute approximate surface area is 126 Å². The summed E-state index contributed by atoms with van der Waals surface area (Å²) in [7, 11) is 0. The lowest BCUT2D eigenvalue weighted by Crippen LogP contribution is -2.48. The topological polar surface area (TPSA) is 54.0 Å². The molecule has 0 aromatic carbocycles. The molecule has 1 amide bonds. The second kappa shape index (κ2) is 8.35. The van der Waals surface area contributed by atoms with Crippen molar-refractivity contribution in [3.63, 3.8) is 0 Å². The smallest absolute Gasteiger partial charge is 0.253 e. The molecule has 4 nitrogen and oxygen atoms in total. The molecule has 0 radical (unpaired) electrons. The molecule has 108 valence electrons. The van der Waals surface area contributed by atoms with Gasteiger partial charge in [-0.1, -0.05) is 6.92 Å². The minimum Gasteiger partial charge on any atom is -0.349 e. The van der Waals surface area contributed by atoms with Crippen molar-refractivity contribution < 1.29 is 4.79 Å². The van der Waals surface area contributed by atoms with Crippen molar-refractivity contribution in [3.05, 3.63) is 29.6 Å². The zero-order valence-electron chi connectivity index (χ0n) is 11.2. The lowest BCUT2D eigenvalue weighted by molar-refractivity contribution is 0.0914. The van der Waals surface area contributed by atoms with Crippen LogP contribution >= 0.6 is 24.8 Å². The van der Waals surface area contributed by atoms with Crippen LogP contribution in [0.25, 0.3) is 0 Å². The van der Waals surface area contributed by atoms with Crippen molar-refractivity contribution in [3.8, 4) is 0 Å². The molecule has 19 heavy (non-hydrogen) atoms. The Hall–Kier alpha value is -0.840. The lowest BCUT2D eigenvalue weighted by atomic mass is 9.95. The molecule has 2 rings (SSSR count). The number of aromatic nitrogens is 1. The molecule has 2 atom stereocenters. The standard InChI is InChI=1S/C13H19N3O.2ClH/c1-9-7-14-6-5-12(9)16-13(17)11-4-3-10(2)15-8-11;;/h3-4,8-9,12,14H,5-7H2,1-2H3,(H,16,17);2*1H. The Morgan fingerprint density at radius 1 is 1.42 bits per heavy atom. The van der Waals surface area contributed by atoms with E-state index in [0.717, 1.165) is 25.2 Å². The number of pyridine rings is 1. The summed E-state index contributed by atoms with van der Waals surface area (Å²) < 4.78 is 0. The van der Waals surface area contributed by atoms with Crippen LogP contribution in [0.1, 0.15) is 29.4 Å². The van der Waals surface area contributed by atoms with E-state index in [-0.39, 0.29) is 36.8 Å². The van der Waals surface area contributed by atoms with Gasteiger partial charge in [0.25, 0.3) is 5.91 Å². The summed E-state index contributed by atoms with van der Waals surface area (Å²) >= 11 is 0. The van der Waals surface area contributed by atoms with Gasteiger partial charge in [0.05, 0.1) is 5.56 Å². The van der Waals surface area contributed by atoms with Crippen molar-refractivity contribution in [1.29, 1.82) is 0 Å². The number of aryl methyl sites for hydroxylation is 1. The second-order valence-electron chi connectivity index (χ2n) is 4.74. The number of halogens is 2. The average Bonchev–Trinajstić information content (AvgIpc) is 2.33. The van der Waals surface area contributed by atoms with Crippen molar-refractivity contribution in [2.75, 3.05) is 13.1 Å². The molecule has 6 heteroatoms. The molecule has 2 unspecified atom stereocenters. The normalized spacial score (nSPS) is 21.8. The van der Waals surface area contributed by atoms with E-state index < -0.39 is 0 Å². The lowest BCUT2D eigenvalue weighted by Gasteiger charge is -2.30. The van der Waals surface area contributed by atoms with E-state index in [1.165, 1.54) is 0 Å². The van der Waals surface area contributed by atoms with Gasteiger partial charge >= 0.3 is 0 Å². The Morgan fingerprint density at radius 3 is 2.74 bits per heavy atom. The molecule has 0 bridgehead atoms. The van der Waals surface area contributed by atoms with Gasteiger partial charge in [-0.25, -0.2) is 0 Å². The minimum atomic E-state index is -0.0174. The summed E-state index contributed by atoms with van der Waals surface area (Å²) in [5, 5.41) is 6.41. The number of rotatable bonds is 2. The van der Waals surface area contributed by atoms with Crippen LogP contribution in [-0.2, 0) is 0 Å². The molecular weight excluding hydrogens is 285 g/mol. The highest BCUT2D eigenvalue weighted by atomic mass is 35.5. The summed E-state index contributed by atoms with van der Waals surface area (Å²) in [5.41, 5.74) is 1.57. The first-order valence-corrected chi connectivity index (χ1v) is 6.11. The quantitative estimate of drug-likeness (QED) is 0.878. The van der Waals surface area contributed by atoms with Crippen molar-refractivity contribution >= 4 is 30.7 Å². The molecule has 0 spiro atoms. The molecule has 1 aliphatic rings. The average molecular weight is 306 g/mol. The molecule has 2 N–H and O–H groups in total. The Bertz CT molecular complexity index is 397. The van der Waals surface area contributed by atoms with E-state index in [1.807, 2.05) is 19.1 Å². The number of nitrogens with zero attached hydrogens (tertiary/aromatic N) is 1. The molecule has 1 aliphatic heterocycles. The molecule has 1 aromatic rings. The fourth-order valence-corrected chi connectivity index (χ4v) is 2.08. The monoisotopic (exact) mass is 305 g/mol. The minimum absolute atomic E-state index is 0. The van der Waals surface area contributed by atoms with E-state index in [9.17, 15) is 4.79 Å². The molecular formula is C13H21Cl2N3O. The first kappa shape index (κ1) is 18.2. The fourth-order valence-electron chi connectivity index (χ4n) is 2.08. The van der Waals surface area contributed by atoms with E-state index >= 15 is 0 Å². The highest BCUT2D eigenvalue weighted by Gasteiger charge is 2.22. The second-order valence-corrected chi connectivity index (χ2v) is 4.74. The number of hydrogen-bond acceptors (Lipinski definition) is 3.